The lowest BCUT2D eigenvalue weighted by molar-refractivity contribution is -0.140. The number of ether oxygens (including phenoxy) is 5. The van der Waals surface area contributed by atoms with Crippen LogP contribution in [-0.2, 0) is 28.5 Å². The third kappa shape index (κ3) is 13.0. The van der Waals surface area contributed by atoms with Crippen LogP contribution in [0.1, 0.15) is 79.0 Å². The number of hydrogen-bond donors (Lipinski definition) is 3. The quantitative estimate of drug-likeness (QED) is 0.111. The fourth-order valence-electron chi connectivity index (χ4n) is 6.41. The predicted molar refractivity (Wildman–Crippen MR) is 197 cm³/mol. The summed E-state index contributed by atoms with van der Waals surface area (Å²) in [4.78, 5) is 59.7. The third-order valence-corrected chi connectivity index (χ3v) is 10.4. The molecule has 2 fully saturated rings. The molecule has 1 saturated carbocycles. The molecule has 2 aliphatic rings. The molecular formula is C37H55N5O10S. The summed E-state index contributed by atoms with van der Waals surface area (Å²) in [7, 11) is 1.34. The zero-order valence-corrected chi connectivity index (χ0v) is 31.7. The summed E-state index contributed by atoms with van der Waals surface area (Å²) in [5, 5.41) is 14.7. The first kappa shape index (κ1) is 42.1. The van der Waals surface area contributed by atoms with E-state index >= 15 is 0 Å². The van der Waals surface area contributed by atoms with E-state index < -0.39 is 24.1 Å². The average molecular weight is 762 g/mol. The summed E-state index contributed by atoms with van der Waals surface area (Å²) in [6, 6.07) is 4.88. The first-order chi connectivity index (χ1) is 25.7. The van der Waals surface area contributed by atoms with Crippen LogP contribution in [0.25, 0.3) is 0 Å². The Hall–Kier alpha value is -3.67. The van der Waals surface area contributed by atoms with Gasteiger partial charge in [-0.2, -0.15) is 0 Å². The van der Waals surface area contributed by atoms with Crippen LogP contribution in [0.2, 0.25) is 0 Å². The van der Waals surface area contributed by atoms with Crippen LogP contribution in [-0.4, -0.2) is 135 Å². The van der Waals surface area contributed by atoms with Gasteiger partial charge in [-0.3, -0.25) is 19.3 Å². The van der Waals surface area contributed by atoms with Gasteiger partial charge >= 0.3 is 6.09 Å². The van der Waals surface area contributed by atoms with Crippen LogP contribution in [0.3, 0.4) is 0 Å². The van der Waals surface area contributed by atoms with Crippen molar-refractivity contribution in [3.63, 3.8) is 0 Å². The normalized spacial score (nSPS) is 17.3. The second-order valence-electron chi connectivity index (χ2n) is 13.2. The Kier molecular flexibility index (Phi) is 17.9. The fraction of sp³-hybridized carbons (Fsp3) is 0.649. The number of rotatable bonds is 23. The van der Waals surface area contributed by atoms with Gasteiger partial charge in [0.15, 0.2) is 0 Å². The van der Waals surface area contributed by atoms with Gasteiger partial charge in [-0.15, -0.1) is 11.3 Å². The van der Waals surface area contributed by atoms with E-state index in [-0.39, 0.29) is 29.3 Å². The summed E-state index contributed by atoms with van der Waals surface area (Å²) >= 11 is 1.34. The van der Waals surface area contributed by atoms with Gasteiger partial charge in [-0.1, -0.05) is 31.4 Å². The fourth-order valence-corrected chi connectivity index (χ4v) is 7.36. The number of thiazole rings is 1. The Labute approximate surface area is 315 Å². The van der Waals surface area contributed by atoms with Crippen molar-refractivity contribution in [2.24, 2.45) is 11.7 Å². The second-order valence-corrected chi connectivity index (χ2v) is 14.0. The summed E-state index contributed by atoms with van der Waals surface area (Å²) in [5.74, 6) is -0.446. The van der Waals surface area contributed by atoms with Gasteiger partial charge in [0.2, 0.25) is 17.6 Å². The van der Waals surface area contributed by atoms with Crippen molar-refractivity contribution in [1.29, 1.82) is 0 Å². The molecule has 4 N–H and O–H groups in total. The van der Waals surface area contributed by atoms with E-state index in [4.69, 9.17) is 34.4 Å². The molecule has 15 nitrogen and oxygen atoms in total. The predicted octanol–water partition coefficient (Wildman–Crippen LogP) is 3.50. The van der Waals surface area contributed by atoms with Crippen molar-refractivity contribution in [3.05, 3.63) is 45.9 Å². The highest BCUT2D eigenvalue weighted by Crippen LogP contribution is 2.36. The molecule has 3 atom stereocenters. The van der Waals surface area contributed by atoms with Gasteiger partial charge in [-0.05, 0) is 50.7 Å². The molecular weight excluding hydrogens is 706 g/mol. The van der Waals surface area contributed by atoms with Crippen molar-refractivity contribution < 1.29 is 48.0 Å². The number of carbonyl (C=O) groups excluding carboxylic acids is 3. The number of hydrogen-bond acceptors (Lipinski definition) is 12. The van der Waals surface area contributed by atoms with Crippen molar-refractivity contribution in [1.82, 2.24) is 20.1 Å². The van der Waals surface area contributed by atoms with Gasteiger partial charge in [-0.25, -0.2) is 9.78 Å². The van der Waals surface area contributed by atoms with E-state index in [1.54, 1.807) is 34.5 Å². The zero-order valence-electron chi connectivity index (χ0n) is 30.9. The number of likely N-dealkylation sites (tertiary alicyclic amines) is 1. The zero-order chi connectivity index (χ0) is 38.0. The summed E-state index contributed by atoms with van der Waals surface area (Å²) < 4.78 is 27.5. The number of nitrogens with two attached hydrogens (primary N) is 1. The maximum atomic E-state index is 14.2. The Balaban J connectivity index is 1.27. The number of carbonyl (C=O) groups is 4. The Morgan fingerprint density at radius 3 is 2.23 bits per heavy atom. The summed E-state index contributed by atoms with van der Waals surface area (Å²) in [6.07, 6.45) is 4.87. The molecule has 2 unspecified atom stereocenters. The Morgan fingerprint density at radius 1 is 0.943 bits per heavy atom. The monoisotopic (exact) mass is 761 g/mol. The lowest BCUT2D eigenvalue weighted by Gasteiger charge is -2.35. The molecule has 294 valence electrons. The molecule has 0 spiro atoms. The minimum atomic E-state index is -1.22. The van der Waals surface area contributed by atoms with Gasteiger partial charge in [0.25, 0.3) is 0 Å². The number of nitrogens with one attached hydrogen (secondary N) is 1. The maximum Gasteiger partial charge on any atom is 0.407 e. The van der Waals surface area contributed by atoms with Crippen LogP contribution in [0.4, 0.5) is 4.79 Å². The lowest BCUT2D eigenvalue weighted by atomic mass is 9.83. The van der Waals surface area contributed by atoms with Crippen molar-refractivity contribution in [3.8, 4) is 5.75 Å². The molecule has 1 aliphatic heterocycles. The van der Waals surface area contributed by atoms with Crippen LogP contribution in [0.15, 0.2) is 29.6 Å². The molecule has 2 aromatic rings. The number of nitrogens with zero attached hydrogens (tertiary/aromatic N) is 3. The molecule has 0 radical (unpaired) electrons. The van der Waals surface area contributed by atoms with Crippen LogP contribution >= 0.6 is 11.3 Å². The van der Waals surface area contributed by atoms with Crippen molar-refractivity contribution in [2.45, 2.75) is 70.0 Å². The molecule has 16 heteroatoms. The molecule has 1 aliphatic carbocycles. The first-order valence-corrected chi connectivity index (χ1v) is 19.4. The number of carboxylic acid groups (broad SMARTS) is 1. The number of benzene rings is 1. The molecule has 53 heavy (non-hydrogen) atoms. The lowest BCUT2D eigenvalue weighted by Crippen LogP contribution is -2.56. The smallest absolute Gasteiger partial charge is 0.407 e. The van der Waals surface area contributed by atoms with E-state index in [0.717, 1.165) is 43.4 Å². The van der Waals surface area contributed by atoms with Gasteiger partial charge < -0.3 is 44.7 Å². The largest absolute Gasteiger partial charge is 0.491 e. The SMILES string of the molecule is CC(C(=O)NC(C(=O)N1CCC[C@H]1c1nc(C(=O)c2cccc(OCCOCCOCCOCCOCCN)c2)cs1)C1CCCCC1)N(C)C(=O)O. The number of amides is 3. The molecule has 1 aromatic heterocycles. The Morgan fingerprint density at radius 2 is 1.58 bits per heavy atom. The topological polar surface area (TPSA) is 192 Å². The molecule has 4 rings (SSSR count). The molecule has 2 heterocycles. The molecule has 0 bridgehead atoms. The maximum absolute atomic E-state index is 14.2. The van der Waals surface area contributed by atoms with Crippen LogP contribution in [0.5, 0.6) is 5.75 Å². The van der Waals surface area contributed by atoms with Crippen LogP contribution in [0, 0.1) is 5.92 Å². The minimum Gasteiger partial charge on any atom is -0.491 e. The standard InChI is InChI=1S/C37H55N5O10S/c1-26(41(2)37(46)47)34(44)40-32(27-8-4-3-5-9-27)36(45)42-14-7-12-31(42)35-39-30(25-53-35)33(43)28-10-6-11-29(24-28)52-23-22-51-21-20-50-19-18-49-17-16-48-15-13-38/h6,10-11,24-27,31-32H,3-5,7-9,12-23,38H2,1-2H3,(H,40,44)(H,46,47)/t26?,31-,32?/m0/s1. The molecule has 3 amide bonds. The van der Waals surface area contributed by atoms with Gasteiger partial charge in [0.05, 0.1) is 58.9 Å². The number of likely N-dealkylation sites (N-methyl/N-ethyl adjacent to an activating group) is 1. The average Bonchev–Trinajstić information content (AvgIpc) is 3.87. The summed E-state index contributed by atoms with van der Waals surface area (Å²) in [5.41, 5.74) is 6.08. The van der Waals surface area contributed by atoms with E-state index in [1.807, 2.05) is 0 Å². The molecule has 1 aromatic carbocycles. The number of aromatic nitrogens is 1. The van der Waals surface area contributed by atoms with Gasteiger partial charge in [0.1, 0.15) is 35.1 Å². The molecule has 1 saturated heterocycles. The second kappa shape index (κ2) is 22.5. The summed E-state index contributed by atoms with van der Waals surface area (Å²) in [6.45, 7) is 6.48. The number of ketones is 1. The first-order valence-electron chi connectivity index (χ1n) is 18.5. The van der Waals surface area contributed by atoms with E-state index in [2.05, 4.69) is 5.32 Å². The van der Waals surface area contributed by atoms with E-state index in [0.29, 0.717) is 95.3 Å². The third-order valence-electron chi connectivity index (χ3n) is 9.49. The highest BCUT2D eigenvalue weighted by molar-refractivity contribution is 7.10. The Bertz CT molecular complexity index is 1450. The van der Waals surface area contributed by atoms with Crippen molar-refractivity contribution in [2.75, 3.05) is 79.6 Å². The van der Waals surface area contributed by atoms with Crippen LogP contribution < -0.4 is 15.8 Å². The highest BCUT2D eigenvalue weighted by Gasteiger charge is 2.40. The van der Waals surface area contributed by atoms with E-state index in [1.165, 1.54) is 25.3 Å². The van der Waals surface area contributed by atoms with E-state index in [9.17, 15) is 24.3 Å². The van der Waals surface area contributed by atoms with Crippen molar-refractivity contribution >= 4 is 35.0 Å². The highest BCUT2D eigenvalue weighted by atomic mass is 32.1. The minimum absolute atomic E-state index is 0.0406. The van der Waals surface area contributed by atoms with Gasteiger partial charge in [0, 0.05) is 31.1 Å².